The summed E-state index contributed by atoms with van der Waals surface area (Å²) in [4.78, 5) is 2.25. The van der Waals surface area contributed by atoms with Crippen LogP contribution in [0, 0.1) is 0 Å². The Kier molecular flexibility index (Phi) is 2.46. The Hall–Kier alpha value is -0.110. The number of hydrogen-bond donors (Lipinski definition) is 0. The van der Waals surface area contributed by atoms with Gasteiger partial charge in [0.1, 0.15) is 0 Å². The van der Waals surface area contributed by atoms with E-state index in [0.717, 1.165) is 0 Å². The molecular formula is C7H13NS. The van der Waals surface area contributed by atoms with E-state index in [1.807, 2.05) is 11.8 Å². The van der Waals surface area contributed by atoms with Crippen molar-refractivity contribution < 1.29 is 0 Å². The van der Waals surface area contributed by atoms with E-state index in [-0.39, 0.29) is 0 Å². The van der Waals surface area contributed by atoms with Gasteiger partial charge in [0, 0.05) is 25.0 Å². The second-order valence-corrected chi connectivity index (χ2v) is 3.57. The van der Waals surface area contributed by atoms with Crippen molar-refractivity contribution in [2.75, 3.05) is 25.1 Å². The van der Waals surface area contributed by atoms with Gasteiger partial charge in [-0.2, -0.15) is 11.8 Å². The molecule has 0 bridgehead atoms. The summed E-state index contributed by atoms with van der Waals surface area (Å²) in [5, 5.41) is 0. The summed E-state index contributed by atoms with van der Waals surface area (Å²) in [6, 6.07) is 0. The van der Waals surface area contributed by atoms with Crippen LogP contribution in [0.25, 0.3) is 0 Å². The van der Waals surface area contributed by atoms with Gasteiger partial charge in [0.15, 0.2) is 0 Å². The Labute approximate surface area is 61.1 Å². The number of nitrogens with zero attached hydrogens (tertiary/aromatic N) is 1. The average molecular weight is 143 g/mol. The molecule has 0 amide bonds. The van der Waals surface area contributed by atoms with E-state index in [9.17, 15) is 0 Å². The molecule has 52 valence electrons. The van der Waals surface area contributed by atoms with Crippen LogP contribution >= 0.6 is 11.8 Å². The zero-order chi connectivity index (χ0) is 6.69. The normalized spacial score (nSPS) is 21.9. The minimum absolute atomic E-state index is 1.17. The van der Waals surface area contributed by atoms with Gasteiger partial charge in [-0.15, -0.1) is 0 Å². The molecule has 0 unspecified atom stereocenters. The topological polar surface area (TPSA) is 3.24 Å². The lowest BCUT2D eigenvalue weighted by molar-refractivity contribution is 0.439. The number of thioether (sulfide) groups is 1. The monoisotopic (exact) mass is 143 g/mol. The van der Waals surface area contributed by atoms with Gasteiger partial charge in [-0.05, 0) is 12.2 Å². The summed E-state index contributed by atoms with van der Waals surface area (Å²) in [6.07, 6.45) is 1.17. The SMILES string of the molecule is C=C1CCSCCN1C. The van der Waals surface area contributed by atoms with Crippen LogP contribution in [-0.4, -0.2) is 30.0 Å². The smallest absolute Gasteiger partial charge is 0.0262 e. The molecule has 0 aromatic heterocycles. The maximum atomic E-state index is 3.97. The quantitative estimate of drug-likeness (QED) is 0.506. The molecule has 1 heterocycles. The van der Waals surface area contributed by atoms with Crippen molar-refractivity contribution in [2.24, 2.45) is 0 Å². The Morgan fingerprint density at radius 1 is 1.56 bits per heavy atom. The van der Waals surface area contributed by atoms with Crippen LogP contribution in [0.2, 0.25) is 0 Å². The number of rotatable bonds is 0. The van der Waals surface area contributed by atoms with Crippen molar-refractivity contribution in [3.63, 3.8) is 0 Å². The van der Waals surface area contributed by atoms with E-state index < -0.39 is 0 Å². The maximum Gasteiger partial charge on any atom is 0.0262 e. The third kappa shape index (κ3) is 1.94. The zero-order valence-electron chi connectivity index (χ0n) is 5.89. The maximum absolute atomic E-state index is 3.97. The highest BCUT2D eigenvalue weighted by Crippen LogP contribution is 2.15. The molecule has 0 spiro atoms. The summed E-state index contributed by atoms with van der Waals surface area (Å²) in [5.74, 6) is 2.51. The lowest BCUT2D eigenvalue weighted by atomic mass is 10.3. The van der Waals surface area contributed by atoms with Crippen molar-refractivity contribution in [1.82, 2.24) is 4.90 Å². The first-order valence-electron chi connectivity index (χ1n) is 3.27. The first kappa shape index (κ1) is 7.00. The Morgan fingerprint density at radius 2 is 2.33 bits per heavy atom. The summed E-state index contributed by atoms with van der Waals surface area (Å²) in [5.41, 5.74) is 1.29. The van der Waals surface area contributed by atoms with Crippen molar-refractivity contribution in [1.29, 1.82) is 0 Å². The van der Waals surface area contributed by atoms with E-state index in [1.54, 1.807) is 0 Å². The van der Waals surface area contributed by atoms with Crippen molar-refractivity contribution in [3.05, 3.63) is 12.3 Å². The Morgan fingerprint density at radius 3 is 3.11 bits per heavy atom. The molecule has 0 N–H and O–H groups in total. The standard InChI is InChI=1S/C7H13NS/c1-7-3-5-9-6-4-8(7)2/h1,3-6H2,2H3. The van der Waals surface area contributed by atoms with Crippen LogP contribution in [0.3, 0.4) is 0 Å². The van der Waals surface area contributed by atoms with Gasteiger partial charge in [0.25, 0.3) is 0 Å². The zero-order valence-corrected chi connectivity index (χ0v) is 6.71. The number of hydrogen-bond acceptors (Lipinski definition) is 2. The third-order valence-corrected chi connectivity index (χ3v) is 2.61. The molecular weight excluding hydrogens is 130 g/mol. The fourth-order valence-electron chi connectivity index (χ4n) is 0.842. The molecule has 0 aromatic rings. The van der Waals surface area contributed by atoms with Gasteiger partial charge in [-0.1, -0.05) is 6.58 Å². The summed E-state index contributed by atoms with van der Waals surface area (Å²) in [7, 11) is 2.12. The minimum Gasteiger partial charge on any atom is -0.378 e. The second-order valence-electron chi connectivity index (χ2n) is 2.35. The van der Waals surface area contributed by atoms with Crippen molar-refractivity contribution in [3.8, 4) is 0 Å². The first-order chi connectivity index (χ1) is 4.30. The van der Waals surface area contributed by atoms with Gasteiger partial charge >= 0.3 is 0 Å². The minimum atomic E-state index is 1.17. The third-order valence-electron chi connectivity index (χ3n) is 1.65. The van der Waals surface area contributed by atoms with Gasteiger partial charge in [0.2, 0.25) is 0 Å². The summed E-state index contributed by atoms with van der Waals surface area (Å²) in [6.45, 7) is 5.14. The van der Waals surface area contributed by atoms with Crippen LogP contribution < -0.4 is 0 Å². The lowest BCUT2D eigenvalue weighted by Gasteiger charge is -2.16. The van der Waals surface area contributed by atoms with Crippen LogP contribution in [0.5, 0.6) is 0 Å². The summed E-state index contributed by atoms with van der Waals surface area (Å²) < 4.78 is 0. The Balaban J connectivity index is 2.41. The highest BCUT2D eigenvalue weighted by Gasteiger charge is 2.05. The van der Waals surface area contributed by atoms with Crippen molar-refractivity contribution in [2.45, 2.75) is 6.42 Å². The highest BCUT2D eigenvalue weighted by atomic mass is 32.2. The van der Waals surface area contributed by atoms with E-state index in [4.69, 9.17) is 0 Å². The van der Waals surface area contributed by atoms with E-state index >= 15 is 0 Å². The molecule has 0 aliphatic carbocycles. The van der Waals surface area contributed by atoms with E-state index in [0.29, 0.717) is 0 Å². The molecule has 1 aliphatic rings. The van der Waals surface area contributed by atoms with Gasteiger partial charge in [-0.3, -0.25) is 0 Å². The largest absolute Gasteiger partial charge is 0.378 e. The predicted molar refractivity (Wildman–Crippen MR) is 43.7 cm³/mol. The second kappa shape index (κ2) is 3.16. The van der Waals surface area contributed by atoms with Crippen LogP contribution in [-0.2, 0) is 0 Å². The van der Waals surface area contributed by atoms with E-state index in [1.165, 1.54) is 30.2 Å². The van der Waals surface area contributed by atoms with Gasteiger partial charge in [-0.25, -0.2) is 0 Å². The average Bonchev–Trinajstić information content (AvgIpc) is 1.99. The molecule has 1 fully saturated rings. The molecule has 1 aliphatic heterocycles. The lowest BCUT2D eigenvalue weighted by Crippen LogP contribution is -2.17. The van der Waals surface area contributed by atoms with Crippen LogP contribution in [0.15, 0.2) is 12.3 Å². The number of allylic oxidation sites excluding steroid dienone is 1. The molecule has 1 nitrogen and oxygen atoms in total. The van der Waals surface area contributed by atoms with Crippen LogP contribution in [0.4, 0.5) is 0 Å². The molecule has 0 atom stereocenters. The fourth-order valence-corrected chi connectivity index (χ4v) is 1.83. The molecule has 0 saturated carbocycles. The molecule has 0 aromatic carbocycles. The fraction of sp³-hybridized carbons (Fsp3) is 0.714. The molecule has 9 heavy (non-hydrogen) atoms. The molecule has 2 heteroatoms. The highest BCUT2D eigenvalue weighted by molar-refractivity contribution is 7.99. The predicted octanol–water partition coefficient (Wildman–Crippen LogP) is 1.57. The molecule has 1 saturated heterocycles. The molecule has 1 rings (SSSR count). The van der Waals surface area contributed by atoms with E-state index in [2.05, 4.69) is 18.5 Å². The molecule has 0 radical (unpaired) electrons. The Bertz CT molecular complexity index is 111. The summed E-state index contributed by atoms with van der Waals surface area (Å²) >= 11 is 2.02. The van der Waals surface area contributed by atoms with Gasteiger partial charge in [0.05, 0.1) is 0 Å². The first-order valence-corrected chi connectivity index (χ1v) is 4.43. The van der Waals surface area contributed by atoms with Crippen molar-refractivity contribution >= 4 is 11.8 Å². The van der Waals surface area contributed by atoms with Gasteiger partial charge < -0.3 is 4.90 Å². The van der Waals surface area contributed by atoms with Crippen LogP contribution in [0.1, 0.15) is 6.42 Å².